The predicted octanol–water partition coefficient (Wildman–Crippen LogP) is 13.6. The molecular weight excluding hydrogens is 697 g/mol. The molecule has 56 heavy (non-hydrogen) atoms. The van der Waals surface area contributed by atoms with Gasteiger partial charge in [0, 0.05) is 25.7 Å². The van der Waals surface area contributed by atoms with Crippen molar-refractivity contribution in [3.8, 4) is 58.9 Å². The number of carbonyl (C=O) groups is 2. The van der Waals surface area contributed by atoms with Gasteiger partial charge in [0.05, 0.1) is 13.2 Å². The first-order chi connectivity index (χ1) is 27.5. The summed E-state index contributed by atoms with van der Waals surface area (Å²) in [5, 5.41) is 19.6. The lowest BCUT2D eigenvalue weighted by Crippen LogP contribution is -2.10. The summed E-state index contributed by atoms with van der Waals surface area (Å²) in [5.41, 5.74) is -0.163. The summed E-state index contributed by atoms with van der Waals surface area (Å²) in [6, 6.07) is 2.58. The summed E-state index contributed by atoms with van der Waals surface area (Å²) in [6.45, 7) is 5.14. The van der Waals surface area contributed by atoms with E-state index in [0.29, 0.717) is 13.2 Å². The van der Waals surface area contributed by atoms with Gasteiger partial charge in [-0.2, -0.15) is 0 Å². The van der Waals surface area contributed by atoms with Crippen LogP contribution >= 0.6 is 0 Å². The maximum atomic E-state index is 12.0. The molecule has 1 rings (SSSR count). The molecule has 6 heteroatoms. The highest BCUT2D eigenvalue weighted by Crippen LogP contribution is 2.30. The molecule has 0 aliphatic rings. The lowest BCUT2D eigenvalue weighted by Gasteiger charge is -2.14. The Morgan fingerprint density at radius 1 is 0.411 bits per heavy atom. The zero-order valence-corrected chi connectivity index (χ0v) is 35.3. The van der Waals surface area contributed by atoms with Gasteiger partial charge in [-0.25, -0.2) is 9.59 Å². The molecule has 0 fully saturated rings. The minimum atomic E-state index is -1.17. The van der Waals surface area contributed by atoms with Gasteiger partial charge in [0.2, 0.25) is 0 Å². The molecule has 0 atom stereocenters. The first-order valence-corrected chi connectivity index (χ1v) is 22.3. The van der Waals surface area contributed by atoms with Crippen LogP contribution in [-0.4, -0.2) is 35.4 Å². The predicted molar refractivity (Wildman–Crippen MR) is 232 cm³/mol. The van der Waals surface area contributed by atoms with E-state index in [1.165, 1.54) is 89.2 Å². The highest BCUT2D eigenvalue weighted by molar-refractivity contribution is 5.97. The van der Waals surface area contributed by atoms with E-state index >= 15 is 0 Å². The van der Waals surface area contributed by atoms with Crippen molar-refractivity contribution in [2.45, 2.75) is 206 Å². The van der Waals surface area contributed by atoms with Crippen molar-refractivity contribution in [3.05, 3.63) is 23.3 Å². The Kier molecular flexibility index (Phi) is 33.9. The van der Waals surface area contributed by atoms with Crippen LogP contribution < -0.4 is 9.47 Å². The normalized spacial score (nSPS) is 10.2. The van der Waals surface area contributed by atoms with Crippen LogP contribution in [0.1, 0.15) is 227 Å². The van der Waals surface area contributed by atoms with Gasteiger partial charge in [-0.3, -0.25) is 0 Å². The van der Waals surface area contributed by atoms with E-state index in [9.17, 15) is 19.8 Å². The first-order valence-electron chi connectivity index (χ1n) is 22.3. The van der Waals surface area contributed by atoms with Gasteiger partial charge in [-0.15, -0.1) is 0 Å². The monoisotopic (exact) mass is 771 g/mol. The van der Waals surface area contributed by atoms with Crippen molar-refractivity contribution < 1.29 is 29.3 Å². The molecule has 0 aromatic heterocycles. The maximum absolute atomic E-state index is 12.0. The van der Waals surface area contributed by atoms with Gasteiger partial charge in [-0.1, -0.05) is 166 Å². The molecule has 0 saturated carbocycles. The van der Waals surface area contributed by atoms with Gasteiger partial charge in [0.15, 0.2) is 0 Å². The molecule has 6 nitrogen and oxygen atoms in total. The molecular formula is C50H74O6. The Morgan fingerprint density at radius 3 is 0.929 bits per heavy atom. The van der Waals surface area contributed by atoms with Crippen LogP contribution in [0.4, 0.5) is 0 Å². The van der Waals surface area contributed by atoms with Crippen molar-refractivity contribution in [2.75, 3.05) is 13.2 Å². The average molecular weight is 771 g/mol. The van der Waals surface area contributed by atoms with E-state index in [0.717, 1.165) is 116 Å². The number of hydrogen-bond donors (Lipinski definition) is 2. The summed E-state index contributed by atoms with van der Waals surface area (Å²) < 4.78 is 11.6. The molecule has 0 saturated heterocycles. The van der Waals surface area contributed by atoms with Crippen molar-refractivity contribution >= 4 is 11.9 Å². The molecule has 0 aliphatic heterocycles. The fourth-order valence-electron chi connectivity index (χ4n) is 6.31. The highest BCUT2D eigenvalue weighted by atomic mass is 16.5. The van der Waals surface area contributed by atoms with E-state index in [2.05, 4.69) is 61.2 Å². The lowest BCUT2D eigenvalue weighted by molar-refractivity contribution is 0.0672. The van der Waals surface area contributed by atoms with Gasteiger partial charge in [-0.05, 0) is 74.3 Å². The Labute approximate surface area is 342 Å². The molecule has 0 heterocycles. The van der Waals surface area contributed by atoms with Crippen LogP contribution in [-0.2, 0) is 0 Å². The van der Waals surface area contributed by atoms with Gasteiger partial charge in [0.1, 0.15) is 22.6 Å². The van der Waals surface area contributed by atoms with Crippen molar-refractivity contribution in [1.29, 1.82) is 0 Å². The van der Waals surface area contributed by atoms with Crippen molar-refractivity contribution in [3.63, 3.8) is 0 Å². The molecule has 0 spiro atoms. The summed E-state index contributed by atoms with van der Waals surface area (Å²) in [7, 11) is 0. The summed E-state index contributed by atoms with van der Waals surface area (Å²) >= 11 is 0. The number of benzene rings is 1. The van der Waals surface area contributed by atoms with Crippen molar-refractivity contribution in [2.24, 2.45) is 0 Å². The van der Waals surface area contributed by atoms with Crippen LogP contribution in [0.5, 0.6) is 11.5 Å². The Morgan fingerprint density at radius 2 is 0.661 bits per heavy atom. The zero-order valence-electron chi connectivity index (χ0n) is 35.3. The van der Waals surface area contributed by atoms with E-state index in [1.807, 2.05) is 0 Å². The number of aromatic carboxylic acids is 2. The standard InChI is InChI=1S/C50H74O6/c1-3-5-7-9-11-13-15-17-19-21-23-25-27-29-31-33-35-37-39-41-55-47-43-46(50(53)54)48(44-45(47)49(51)52)56-42-40-38-36-34-32-30-28-26-24-22-20-18-16-14-12-10-8-6-4-2/h43-44H,3-16,25-42H2,1-2H3,(H,51,52)(H,53,54). The Bertz CT molecular complexity index is 1320. The largest absolute Gasteiger partial charge is 0.493 e. The van der Waals surface area contributed by atoms with Crippen molar-refractivity contribution in [1.82, 2.24) is 0 Å². The third-order valence-corrected chi connectivity index (χ3v) is 9.74. The summed E-state index contributed by atoms with van der Waals surface area (Å²) in [6.07, 6.45) is 33.8. The van der Waals surface area contributed by atoms with Gasteiger partial charge >= 0.3 is 11.9 Å². The van der Waals surface area contributed by atoms with E-state index in [1.54, 1.807) is 0 Å². The number of hydrogen-bond acceptors (Lipinski definition) is 4. The van der Waals surface area contributed by atoms with Gasteiger partial charge < -0.3 is 19.7 Å². The molecule has 2 N–H and O–H groups in total. The zero-order chi connectivity index (χ0) is 40.6. The Balaban J connectivity index is 2.20. The Hall–Kier alpha value is -4.00. The number of carboxylic acids is 2. The second kappa shape index (κ2) is 37.9. The molecule has 0 unspecified atom stereocenters. The fraction of sp³-hybridized carbons (Fsp3) is 0.680. The summed E-state index contributed by atoms with van der Waals surface area (Å²) in [4.78, 5) is 24.0. The molecule has 0 radical (unpaired) electrons. The molecule has 1 aromatic rings. The van der Waals surface area contributed by atoms with Crippen LogP contribution in [0.3, 0.4) is 0 Å². The van der Waals surface area contributed by atoms with Crippen LogP contribution in [0.2, 0.25) is 0 Å². The topological polar surface area (TPSA) is 93.1 Å². The molecule has 310 valence electrons. The molecule has 0 bridgehead atoms. The molecule has 0 aliphatic carbocycles. The summed E-state index contributed by atoms with van der Waals surface area (Å²) in [5.74, 6) is 22.4. The molecule has 1 aromatic carbocycles. The number of ether oxygens (including phenoxy) is 2. The minimum Gasteiger partial charge on any atom is -0.493 e. The van der Waals surface area contributed by atoms with Gasteiger partial charge in [0.25, 0.3) is 0 Å². The maximum Gasteiger partial charge on any atom is 0.339 e. The number of carboxylic acid groups (broad SMARTS) is 2. The van der Waals surface area contributed by atoms with Crippen LogP contribution in [0.25, 0.3) is 0 Å². The van der Waals surface area contributed by atoms with E-state index in [-0.39, 0.29) is 22.6 Å². The van der Waals surface area contributed by atoms with E-state index < -0.39 is 11.9 Å². The van der Waals surface area contributed by atoms with E-state index in [4.69, 9.17) is 9.47 Å². The number of unbranched alkanes of at least 4 members (excludes halogenated alkanes) is 26. The third-order valence-electron chi connectivity index (χ3n) is 9.74. The fourth-order valence-corrected chi connectivity index (χ4v) is 6.31. The van der Waals surface area contributed by atoms with Crippen LogP contribution in [0, 0.1) is 47.4 Å². The number of rotatable bonds is 34. The minimum absolute atomic E-state index is 0.0675. The highest BCUT2D eigenvalue weighted by Gasteiger charge is 2.21. The second-order valence-corrected chi connectivity index (χ2v) is 14.8. The molecule has 0 amide bonds. The average Bonchev–Trinajstić information content (AvgIpc) is 3.19. The van der Waals surface area contributed by atoms with Crippen LogP contribution in [0.15, 0.2) is 12.1 Å². The quantitative estimate of drug-likeness (QED) is 0.0535. The lowest BCUT2D eigenvalue weighted by atomic mass is 10.1. The second-order valence-electron chi connectivity index (χ2n) is 14.8. The SMILES string of the molecule is CCCCCCCCC#CC#CCCCCCCCCCOc1cc(C(=O)O)c(OCCCCCCCCCC#CC#CCCCCCCCC)cc1C(=O)O. The third kappa shape index (κ3) is 29.3. The smallest absolute Gasteiger partial charge is 0.339 e. The first kappa shape index (κ1) is 50.0.